The van der Waals surface area contributed by atoms with Crippen LogP contribution in [0.15, 0.2) is 11.1 Å². The molecule has 1 aliphatic heterocycles. The van der Waals surface area contributed by atoms with E-state index >= 15 is 0 Å². The van der Waals surface area contributed by atoms with Gasteiger partial charge in [0, 0.05) is 12.1 Å². The number of carbonyl (C=O) groups is 2. The van der Waals surface area contributed by atoms with Crippen molar-refractivity contribution in [2.45, 2.75) is 26.8 Å². The van der Waals surface area contributed by atoms with Gasteiger partial charge in [-0.3, -0.25) is 9.59 Å². The molecule has 1 N–H and O–H groups in total. The molecular formula is C11H17ClN2O2. The van der Waals surface area contributed by atoms with Crippen LogP contribution in [0.2, 0.25) is 0 Å². The molecule has 0 radical (unpaired) electrons. The Morgan fingerprint density at radius 1 is 1.62 bits per heavy atom. The number of carbonyl (C=O) groups excluding carboxylic acids is 2. The molecule has 1 heterocycles. The van der Waals surface area contributed by atoms with Crippen molar-refractivity contribution in [2.75, 3.05) is 13.1 Å². The van der Waals surface area contributed by atoms with Gasteiger partial charge in [0.1, 0.15) is 6.04 Å². The third-order valence-electron chi connectivity index (χ3n) is 2.58. The fourth-order valence-corrected chi connectivity index (χ4v) is 1.89. The lowest BCUT2D eigenvalue weighted by Gasteiger charge is -2.37. The second-order valence-corrected chi connectivity index (χ2v) is 4.60. The molecule has 1 atom stereocenters. The average molecular weight is 245 g/mol. The van der Waals surface area contributed by atoms with Crippen LogP contribution in [0.4, 0.5) is 0 Å². The summed E-state index contributed by atoms with van der Waals surface area (Å²) in [5.41, 5.74) is 2.31. The summed E-state index contributed by atoms with van der Waals surface area (Å²) in [7, 11) is 0. The summed E-state index contributed by atoms with van der Waals surface area (Å²) in [4.78, 5) is 25.0. The number of hydrogen-bond acceptors (Lipinski definition) is 2. The van der Waals surface area contributed by atoms with Crippen LogP contribution < -0.4 is 5.32 Å². The number of hydrogen-bond donors (Lipinski definition) is 1. The van der Waals surface area contributed by atoms with Crippen molar-refractivity contribution in [2.24, 2.45) is 5.92 Å². The molecule has 1 aliphatic rings. The highest BCUT2D eigenvalue weighted by Crippen LogP contribution is 2.16. The maximum Gasteiger partial charge on any atom is 0.243 e. The van der Waals surface area contributed by atoms with Crippen LogP contribution >= 0.6 is 11.6 Å². The van der Waals surface area contributed by atoms with Crippen LogP contribution in [-0.4, -0.2) is 35.8 Å². The molecule has 0 saturated carbocycles. The average Bonchev–Trinajstić information content (AvgIpc) is 2.22. The number of nitrogens with one attached hydrogen (secondary N) is 1. The second kappa shape index (κ2) is 5.34. The summed E-state index contributed by atoms with van der Waals surface area (Å²) in [5, 5.41) is 2.60. The summed E-state index contributed by atoms with van der Waals surface area (Å²) in [5.74, 6) is -0.0551. The van der Waals surface area contributed by atoms with Crippen molar-refractivity contribution in [3.63, 3.8) is 0 Å². The lowest BCUT2D eigenvalue weighted by molar-refractivity contribution is -0.146. The first-order valence-electron chi connectivity index (χ1n) is 5.30. The van der Waals surface area contributed by atoms with Crippen molar-refractivity contribution in [3.8, 4) is 0 Å². The van der Waals surface area contributed by atoms with Gasteiger partial charge in [0.15, 0.2) is 0 Å². The molecule has 0 aromatic carbocycles. The number of piperazine rings is 1. The molecule has 5 heteroatoms. The Bertz CT molecular complexity index is 326. The number of nitrogens with zero attached hydrogens (tertiary/aromatic N) is 1. The third-order valence-corrected chi connectivity index (χ3v) is 2.95. The molecule has 1 rings (SSSR count). The van der Waals surface area contributed by atoms with Crippen LogP contribution in [0.3, 0.4) is 0 Å². The second-order valence-electron chi connectivity index (χ2n) is 4.38. The van der Waals surface area contributed by atoms with E-state index in [1.165, 1.54) is 5.54 Å². The largest absolute Gasteiger partial charge is 0.345 e. The number of halogens is 1. The summed E-state index contributed by atoms with van der Waals surface area (Å²) >= 11 is 5.58. The first kappa shape index (κ1) is 13.0. The quantitative estimate of drug-likeness (QED) is 0.809. The Labute approximate surface area is 101 Å². The minimum Gasteiger partial charge on any atom is -0.345 e. The van der Waals surface area contributed by atoms with Gasteiger partial charge in [0.2, 0.25) is 11.8 Å². The third kappa shape index (κ3) is 2.76. The fourth-order valence-electron chi connectivity index (χ4n) is 1.82. The van der Waals surface area contributed by atoms with Gasteiger partial charge in [-0.05, 0) is 18.4 Å². The Morgan fingerprint density at radius 3 is 2.75 bits per heavy atom. The topological polar surface area (TPSA) is 49.4 Å². The summed E-state index contributed by atoms with van der Waals surface area (Å²) in [6.07, 6.45) is 0. The molecule has 1 unspecified atom stereocenters. The zero-order valence-corrected chi connectivity index (χ0v) is 10.5. The van der Waals surface area contributed by atoms with E-state index in [9.17, 15) is 9.59 Å². The molecule has 1 fully saturated rings. The van der Waals surface area contributed by atoms with E-state index in [2.05, 4.69) is 5.32 Å². The molecular weight excluding hydrogens is 228 g/mol. The highest BCUT2D eigenvalue weighted by Gasteiger charge is 2.36. The van der Waals surface area contributed by atoms with Gasteiger partial charge < -0.3 is 10.2 Å². The Balaban J connectivity index is 2.89. The summed E-state index contributed by atoms with van der Waals surface area (Å²) < 4.78 is 0. The van der Waals surface area contributed by atoms with Gasteiger partial charge in [-0.15, -0.1) is 0 Å². The molecule has 0 spiro atoms. The molecule has 1 saturated heterocycles. The summed E-state index contributed by atoms with van der Waals surface area (Å²) in [6, 6.07) is -0.396. The van der Waals surface area contributed by atoms with Gasteiger partial charge in [-0.25, -0.2) is 0 Å². The van der Waals surface area contributed by atoms with Crippen LogP contribution in [0, 0.1) is 5.92 Å². The zero-order valence-electron chi connectivity index (χ0n) is 9.79. The molecule has 0 aromatic heterocycles. The van der Waals surface area contributed by atoms with Crippen molar-refractivity contribution in [1.82, 2.24) is 10.2 Å². The highest BCUT2D eigenvalue weighted by molar-refractivity contribution is 6.25. The predicted octanol–water partition coefficient (Wildman–Crippen LogP) is 1.11. The van der Waals surface area contributed by atoms with Gasteiger partial charge in [-0.1, -0.05) is 25.4 Å². The van der Waals surface area contributed by atoms with E-state index in [1.54, 1.807) is 4.90 Å². The van der Waals surface area contributed by atoms with Crippen LogP contribution in [0.1, 0.15) is 20.8 Å². The number of rotatable bonds is 3. The van der Waals surface area contributed by atoms with E-state index in [-0.39, 0.29) is 24.3 Å². The summed E-state index contributed by atoms with van der Waals surface area (Å²) in [6.45, 7) is 6.19. The van der Waals surface area contributed by atoms with E-state index in [1.807, 2.05) is 20.8 Å². The molecule has 4 nitrogen and oxygen atoms in total. The molecule has 0 bridgehead atoms. The standard InChI is InChI=1S/C11H17ClN2O2/c1-7(2)10-11(16)13-5-9(15)14(10)6-8(3)4-12/h4,7,10H,5-6H2,1-3H3,(H,13,16). The van der Waals surface area contributed by atoms with Crippen LogP contribution in [-0.2, 0) is 9.59 Å². The van der Waals surface area contributed by atoms with Crippen molar-refractivity contribution < 1.29 is 9.59 Å². The maximum absolute atomic E-state index is 11.7. The van der Waals surface area contributed by atoms with E-state index in [0.29, 0.717) is 6.54 Å². The maximum atomic E-state index is 11.7. The minimum absolute atomic E-state index is 0.0591. The molecule has 90 valence electrons. The molecule has 0 aromatic rings. The van der Waals surface area contributed by atoms with Crippen molar-refractivity contribution >= 4 is 23.4 Å². The predicted molar refractivity (Wildman–Crippen MR) is 63.0 cm³/mol. The lowest BCUT2D eigenvalue weighted by Crippen LogP contribution is -2.60. The van der Waals surface area contributed by atoms with E-state index in [4.69, 9.17) is 11.6 Å². The van der Waals surface area contributed by atoms with Gasteiger partial charge in [-0.2, -0.15) is 0 Å². The molecule has 2 amide bonds. The highest BCUT2D eigenvalue weighted by atomic mass is 35.5. The normalized spacial score (nSPS) is 22.7. The Morgan fingerprint density at radius 2 is 2.25 bits per heavy atom. The smallest absolute Gasteiger partial charge is 0.243 e. The SMILES string of the molecule is CC(=CCl)CN1C(=O)CNC(=O)C1C(C)C. The fraction of sp³-hybridized carbons (Fsp3) is 0.636. The van der Waals surface area contributed by atoms with Crippen molar-refractivity contribution in [1.29, 1.82) is 0 Å². The minimum atomic E-state index is -0.396. The molecule has 16 heavy (non-hydrogen) atoms. The van der Waals surface area contributed by atoms with Gasteiger partial charge in [0.05, 0.1) is 6.54 Å². The van der Waals surface area contributed by atoms with Gasteiger partial charge >= 0.3 is 0 Å². The first-order valence-corrected chi connectivity index (χ1v) is 5.74. The lowest BCUT2D eigenvalue weighted by atomic mass is 9.99. The Kier molecular flexibility index (Phi) is 4.35. The van der Waals surface area contributed by atoms with E-state index < -0.39 is 6.04 Å². The van der Waals surface area contributed by atoms with Crippen LogP contribution in [0.5, 0.6) is 0 Å². The molecule has 0 aliphatic carbocycles. The van der Waals surface area contributed by atoms with Crippen LogP contribution in [0.25, 0.3) is 0 Å². The Hall–Kier alpha value is -1.03. The first-order chi connectivity index (χ1) is 7.47. The number of amides is 2. The van der Waals surface area contributed by atoms with E-state index in [0.717, 1.165) is 5.57 Å². The van der Waals surface area contributed by atoms with Crippen molar-refractivity contribution in [3.05, 3.63) is 11.1 Å². The zero-order chi connectivity index (χ0) is 12.3. The monoisotopic (exact) mass is 244 g/mol. The van der Waals surface area contributed by atoms with Gasteiger partial charge in [0.25, 0.3) is 0 Å².